The molecule has 1 unspecified atom stereocenters. The normalized spacial score (nSPS) is 28.8. The molecule has 0 aromatic heterocycles. The van der Waals surface area contributed by atoms with E-state index in [0.717, 1.165) is 9.79 Å². The maximum Gasteiger partial charge on any atom is 0.247 e. The van der Waals surface area contributed by atoms with Gasteiger partial charge in [0.1, 0.15) is 18.5 Å². The summed E-state index contributed by atoms with van der Waals surface area (Å²) in [6.45, 7) is 8.99. The van der Waals surface area contributed by atoms with Crippen LogP contribution in [-0.4, -0.2) is 83.3 Å². The molecule has 4 aliphatic rings. The molecule has 0 aliphatic carbocycles. The van der Waals surface area contributed by atoms with Crippen LogP contribution in [0.2, 0.25) is 0 Å². The lowest BCUT2D eigenvalue weighted by Crippen LogP contribution is -2.54. The third-order valence-electron chi connectivity index (χ3n) is 10.3. The van der Waals surface area contributed by atoms with Crippen molar-refractivity contribution in [1.82, 2.24) is 9.80 Å². The lowest BCUT2D eigenvalue weighted by molar-refractivity contribution is -0.147. The Morgan fingerprint density at radius 1 is 0.780 bits per heavy atom. The van der Waals surface area contributed by atoms with Crippen LogP contribution >= 0.6 is 21.6 Å². The zero-order chi connectivity index (χ0) is 35.8. The fourth-order valence-corrected chi connectivity index (χ4v) is 9.94. The molecule has 270 valence electrons. The second-order valence-electron chi connectivity index (χ2n) is 15.0. The van der Waals surface area contributed by atoms with E-state index >= 15 is 0 Å². The minimum atomic E-state index is -0.742. The molecular formula is C36H48N6O6S2. The number of hydrogen-bond acceptors (Lipinski definition) is 10. The average Bonchev–Trinajstić information content (AvgIpc) is 3.38. The number of hydrogen-bond donors (Lipinski definition) is 4. The van der Waals surface area contributed by atoms with Gasteiger partial charge in [0.25, 0.3) is 0 Å². The zero-order valence-corrected chi connectivity index (χ0v) is 30.7. The van der Waals surface area contributed by atoms with Crippen molar-refractivity contribution >= 4 is 56.6 Å². The number of para-hydroxylation sites is 2. The van der Waals surface area contributed by atoms with E-state index in [4.69, 9.17) is 20.9 Å². The number of fused-ring (bicyclic) bond motifs is 2. The van der Waals surface area contributed by atoms with Gasteiger partial charge in [0.15, 0.2) is 0 Å². The molecule has 0 spiro atoms. The van der Waals surface area contributed by atoms with E-state index in [1.54, 1.807) is 4.90 Å². The molecule has 4 saturated heterocycles. The van der Waals surface area contributed by atoms with E-state index in [2.05, 4.69) is 24.5 Å². The van der Waals surface area contributed by atoms with Crippen LogP contribution in [0.3, 0.4) is 0 Å². The molecule has 4 heterocycles. The molecule has 4 fully saturated rings. The largest absolute Gasteiger partial charge is 0.358 e. The molecule has 0 bridgehead atoms. The fraction of sp³-hybridized carbons (Fsp3) is 0.556. The number of ether oxygens (including phenoxy) is 2. The van der Waals surface area contributed by atoms with Crippen molar-refractivity contribution in [2.24, 2.45) is 22.3 Å². The highest BCUT2D eigenvalue weighted by Crippen LogP contribution is 2.46. The summed E-state index contributed by atoms with van der Waals surface area (Å²) in [5.74, 6) is -0.809. The van der Waals surface area contributed by atoms with Crippen LogP contribution in [0.15, 0.2) is 58.3 Å². The summed E-state index contributed by atoms with van der Waals surface area (Å²) >= 11 is 0. The summed E-state index contributed by atoms with van der Waals surface area (Å²) in [6, 6.07) is 12.9. The lowest BCUT2D eigenvalue weighted by atomic mass is 9.82. The molecule has 4 amide bonds. The molecule has 6 N–H and O–H groups in total. The van der Waals surface area contributed by atoms with E-state index in [-0.39, 0.29) is 47.7 Å². The predicted molar refractivity (Wildman–Crippen MR) is 194 cm³/mol. The Kier molecular flexibility index (Phi) is 10.9. The summed E-state index contributed by atoms with van der Waals surface area (Å²) in [4.78, 5) is 58.5. The van der Waals surface area contributed by atoms with Crippen molar-refractivity contribution in [2.75, 3.05) is 23.8 Å². The smallest absolute Gasteiger partial charge is 0.247 e. The molecule has 50 heavy (non-hydrogen) atoms. The molecule has 2 aromatic rings. The minimum Gasteiger partial charge on any atom is -0.358 e. The Bertz CT molecular complexity index is 1620. The quantitative estimate of drug-likeness (QED) is 0.270. The molecule has 0 radical (unpaired) electrons. The van der Waals surface area contributed by atoms with Crippen LogP contribution in [0, 0.1) is 10.8 Å². The molecule has 6 rings (SSSR count). The number of benzene rings is 2. The Balaban J connectivity index is 1.10. The Morgan fingerprint density at radius 3 is 1.88 bits per heavy atom. The maximum atomic E-state index is 13.9. The van der Waals surface area contributed by atoms with Crippen LogP contribution in [0.1, 0.15) is 66.2 Å². The van der Waals surface area contributed by atoms with Gasteiger partial charge in [-0.3, -0.25) is 19.2 Å². The summed E-state index contributed by atoms with van der Waals surface area (Å²) in [7, 11) is 2.92. The van der Waals surface area contributed by atoms with Gasteiger partial charge in [0.05, 0.1) is 36.7 Å². The second-order valence-corrected chi connectivity index (χ2v) is 17.2. The van der Waals surface area contributed by atoms with Gasteiger partial charge in [-0.25, -0.2) is 0 Å². The molecule has 2 aromatic carbocycles. The van der Waals surface area contributed by atoms with E-state index in [9.17, 15) is 19.2 Å². The summed E-state index contributed by atoms with van der Waals surface area (Å²) in [5.41, 5.74) is 12.8. The van der Waals surface area contributed by atoms with Crippen molar-refractivity contribution < 1.29 is 28.7 Å². The number of carbonyl (C=O) groups excluding carboxylic acids is 4. The van der Waals surface area contributed by atoms with Gasteiger partial charge in [0.2, 0.25) is 23.6 Å². The molecular weight excluding hydrogens is 677 g/mol. The third kappa shape index (κ3) is 7.56. The molecule has 12 nitrogen and oxygen atoms in total. The fourth-order valence-electron chi connectivity index (χ4n) is 7.67. The number of rotatable bonds is 9. The van der Waals surface area contributed by atoms with Crippen molar-refractivity contribution in [3.63, 3.8) is 0 Å². The molecule has 6 atom stereocenters. The third-order valence-corrected chi connectivity index (χ3v) is 12.8. The first-order valence-electron chi connectivity index (χ1n) is 17.3. The number of nitrogens with two attached hydrogens (primary N) is 2. The number of amides is 4. The predicted octanol–water partition coefficient (Wildman–Crippen LogP) is 4.54. The average molecular weight is 725 g/mol. The highest BCUT2D eigenvalue weighted by atomic mass is 33.1. The topological polar surface area (TPSA) is 169 Å². The Hall–Kier alpha value is -3.14. The van der Waals surface area contributed by atoms with Gasteiger partial charge in [-0.05, 0) is 67.2 Å². The van der Waals surface area contributed by atoms with Crippen molar-refractivity contribution in [1.29, 1.82) is 0 Å². The minimum absolute atomic E-state index is 0.108. The number of anilines is 2. The van der Waals surface area contributed by atoms with Gasteiger partial charge < -0.3 is 41.4 Å². The first-order valence-corrected chi connectivity index (χ1v) is 19.4. The number of nitrogens with zero attached hydrogens (tertiary/aromatic N) is 2. The lowest BCUT2D eigenvalue weighted by Gasteiger charge is -2.34. The highest BCUT2D eigenvalue weighted by Gasteiger charge is 2.54. The van der Waals surface area contributed by atoms with Crippen LogP contribution < -0.4 is 22.1 Å². The van der Waals surface area contributed by atoms with E-state index in [1.807, 2.05) is 62.4 Å². The van der Waals surface area contributed by atoms with Gasteiger partial charge in [-0.2, -0.15) is 0 Å². The van der Waals surface area contributed by atoms with Crippen molar-refractivity contribution in [3.8, 4) is 0 Å². The SMILES string of the molecule is CC1(C)C[C@@H]2OCC[C@H](N)C(=O)N2C1CCC(=O)Nc1ccccc1SSc1ccccc1NC(=O)[C@@H]1N2C(=O)[C@@H](N)CCO[C@H]2CC1(C)C. The summed E-state index contributed by atoms with van der Waals surface area (Å²) in [6.07, 6.45) is 2.08. The summed E-state index contributed by atoms with van der Waals surface area (Å²) in [5, 5.41) is 6.15. The number of carbonyl (C=O) groups is 4. The van der Waals surface area contributed by atoms with Crippen LogP contribution in [0.5, 0.6) is 0 Å². The second kappa shape index (κ2) is 14.8. The first kappa shape index (κ1) is 36.6. The van der Waals surface area contributed by atoms with Gasteiger partial charge in [0, 0.05) is 22.3 Å². The molecule has 14 heteroatoms. The Labute approximate surface area is 301 Å². The maximum absolute atomic E-state index is 13.9. The van der Waals surface area contributed by atoms with Gasteiger partial charge in [-0.1, -0.05) is 73.5 Å². The first-order chi connectivity index (χ1) is 23.8. The van der Waals surface area contributed by atoms with E-state index in [1.165, 1.54) is 26.5 Å². The Morgan fingerprint density at radius 2 is 1.28 bits per heavy atom. The van der Waals surface area contributed by atoms with Crippen molar-refractivity contribution in [3.05, 3.63) is 48.5 Å². The zero-order valence-electron chi connectivity index (χ0n) is 29.1. The monoisotopic (exact) mass is 724 g/mol. The van der Waals surface area contributed by atoms with E-state index in [0.29, 0.717) is 56.7 Å². The van der Waals surface area contributed by atoms with E-state index < -0.39 is 29.8 Å². The number of nitrogens with one attached hydrogen (secondary N) is 2. The standard InChI is InChI=1S/C36H48N6O6S2/c1-35(2)19-29-41(33(45)21(37)15-17-47-29)27(35)13-14-28(43)39-23-9-5-7-11-25(23)49-50-26-12-8-6-10-24(26)40-32(44)31-36(3,4)20-30-42(31)34(46)22(38)16-18-48-30/h5-12,21-22,27,29-31H,13-20,37-38H2,1-4H3,(H,39,43)(H,40,44)/t21-,22-,27?,29-,30-,31-/m0/s1. The van der Waals surface area contributed by atoms with Crippen LogP contribution in [0.4, 0.5) is 11.4 Å². The molecule has 4 aliphatic heterocycles. The van der Waals surface area contributed by atoms with Crippen LogP contribution in [-0.2, 0) is 28.7 Å². The van der Waals surface area contributed by atoms with Crippen LogP contribution in [0.25, 0.3) is 0 Å². The molecule has 0 saturated carbocycles. The van der Waals surface area contributed by atoms with Crippen molar-refractivity contribution in [2.45, 2.75) is 113 Å². The highest BCUT2D eigenvalue weighted by molar-refractivity contribution is 8.76. The van der Waals surface area contributed by atoms with Gasteiger partial charge >= 0.3 is 0 Å². The van der Waals surface area contributed by atoms with Gasteiger partial charge in [-0.15, -0.1) is 0 Å². The summed E-state index contributed by atoms with van der Waals surface area (Å²) < 4.78 is 11.9.